The van der Waals surface area contributed by atoms with Crippen molar-refractivity contribution < 1.29 is 23.7 Å². The van der Waals surface area contributed by atoms with Gasteiger partial charge in [0.25, 0.3) is 0 Å². The summed E-state index contributed by atoms with van der Waals surface area (Å²) < 4.78 is 29.7. The average molecular weight is 517 g/mol. The van der Waals surface area contributed by atoms with Crippen molar-refractivity contribution in [3.8, 4) is 39.9 Å². The number of ether oxygens (including phenoxy) is 5. The third-order valence-electron chi connectivity index (χ3n) is 7.48. The van der Waals surface area contributed by atoms with Crippen molar-refractivity contribution in [3.63, 3.8) is 0 Å². The van der Waals surface area contributed by atoms with E-state index in [0.29, 0.717) is 11.7 Å². The van der Waals surface area contributed by atoms with Crippen LogP contribution in [0, 0.1) is 13.8 Å². The summed E-state index contributed by atoms with van der Waals surface area (Å²) in [5.74, 6) is 4.41. The van der Waals surface area contributed by atoms with Crippen LogP contribution in [-0.2, 0) is 0 Å². The molecule has 0 atom stereocenters. The predicted octanol–water partition coefficient (Wildman–Crippen LogP) is 8.57. The molecular weight excluding hydrogens is 476 g/mol. The minimum Gasteiger partial charge on any atom is -0.497 e. The molecule has 0 unspecified atom stereocenters. The van der Waals surface area contributed by atoms with Crippen molar-refractivity contribution >= 4 is 21.5 Å². The number of hydrogen-bond acceptors (Lipinski definition) is 5. The first kappa shape index (κ1) is 27.4. The Bertz CT molecular complexity index is 1510. The molecule has 5 heteroatoms. The summed E-state index contributed by atoms with van der Waals surface area (Å²) in [6.45, 7) is 13.0. The highest BCUT2D eigenvalue weighted by Gasteiger charge is 2.26. The third-order valence-corrected chi connectivity index (χ3v) is 7.48. The van der Waals surface area contributed by atoms with Crippen molar-refractivity contribution in [1.82, 2.24) is 0 Å². The van der Waals surface area contributed by atoms with Gasteiger partial charge in [0.1, 0.15) is 17.2 Å². The monoisotopic (exact) mass is 516 g/mol. The second-order valence-corrected chi connectivity index (χ2v) is 10.4. The Morgan fingerprint density at radius 1 is 0.500 bits per heavy atom. The van der Waals surface area contributed by atoms with Gasteiger partial charge < -0.3 is 23.7 Å². The van der Waals surface area contributed by atoms with Crippen molar-refractivity contribution in [2.75, 3.05) is 35.5 Å². The first-order valence-corrected chi connectivity index (χ1v) is 13.1. The molecule has 0 heterocycles. The van der Waals surface area contributed by atoms with E-state index in [4.69, 9.17) is 23.7 Å². The van der Waals surface area contributed by atoms with Crippen molar-refractivity contribution in [2.24, 2.45) is 0 Å². The predicted molar refractivity (Wildman–Crippen MR) is 157 cm³/mol. The van der Waals surface area contributed by atoms with E-state index in [1.807, 2.05) is 6.07 Å². The molecule has 4 aromatic carbocycles. The molecule has 4 rings (SSSR count). The molecule has 4 aromatic rings. The summed E-state index contributed by atoms with van der Waals surface area (Å²) in [7, 11) is 8.53. The lowest BCUT2D eigenvalue weighted by Gasteiger charge is -2.24. The Labute approximate surface area is 226 Å². The standard InChI is InChI=1S/C33H40O5/c1-17(2)22-14-21(34-7)15-25-23(22)12-19(5)29(31(25)36-9)30-20(6)13-24-26(32(30)37-10)16-27(35-8)33(38-11)28(24)18(3)4/h12-18H,1-11H3. The van der Waals surface area contributed by atoms with E-state index in [9.17, 15) is 0 Å². The number of benzene rings is 4. The Kier molecular flexibility index (Phi) is 7.68. The van der Waals surface area contributed by atoms with Crippen LogP contribution in [0.1, 0.15) is 61.8 Å². The van der Waals surface area contributed by atoms with Crippen LogP contribution in [0.15, 0.2) is 30.3 Å². The maximum atomic E-state index is 6.20. The second-order valence-electron chi connectivity index (χ2n) is 10.4. The molecule has 0 aliphatic heterocycles. The van der Waals surface area contributed by atoms with E-state index < -0.39 is 0 Å². The summed E-state index contributed by atoms with van der Waals surface area (Å²) in [6, 6.07) is 10.7. The number of hydrogen-bond donors (Lipinski definition) is 0. The zero-order valence-corrected chi connectivity index (χ0v) is 24.6. The van der Waals surface area contributed by atoms with Gasteiger partial charge in [0.05, 0.1) is 35.5 Å². The largest absolute Gasteiger partial charge is 0.497 e. The molecule has 202 valence electrons. The van der Waals surface area contributed by atoms with Gasteiger partial charge in [-0.25, -0.2) is 0 Å². The van der Waals surface area contributed by atoms with Crippen molar-refractivity contribution in [2.45, 2.75) is 53.4 Å². The molecule has 0 amide bonds. The minimum absolute atomic E-state index is 0.219. The van der Waals surface area contributed by atoms with Gasteiger partial charge in [-0.05, 0) is 71.3 Å². The molecule has 0 N–H and O–H groups in total. The van der Waals surface area contributed by atoms with Crippen LogP contribution in [0.2, 0.25) is 0 Å². The maximum Gasteiger partial charge on any atom is 0.164 e. The zero-order valence-electron chi connectivity index (χ0n) is 24.6. The van der Waals surface area contributed by atoms with E-state index >= 15 is 0 Å². The Morgan fingerprint density at radius 3 is 1.47 bits per heavy atom. The molecule has 0 aliphatic rings. The Morgan fingerprint density at radius 2 is 1.03 bits per heavy atom. The highest BCUT2D eigenvalue weighted by Crippen LogP contribution is 2.52. The van der Waals surface area contributed by atoms with Crippen LogP contribution >= 0.6 is 0 Å². The lowest BCUT2D eigenvalue weighted by Crippen LogP contribution is -2.03. The normalized spacial score (nSPS) is 11.5. The quantitative estimate of drug-likeness (QED) is 0.235. The van der Waals surface area contributed by atoms with Crippen LogP contribution in [0.5, 0.6) is 28.7 Å². The highest BCUT2D eigenvalue weighted by molar-refractivity contribution is 6.06. The van der Waals surface area contributed by atoms with Crippen LogP contribution in [-0.4, -0.2) is 35.5 Å². The lowest BCUT2D eigenvalue weighted by molar-refractivity contribution is 0.351. The summed E-state index contributed by atoms with van der Waals surface area (Å²) in [6.07, 6.45) is 0. The highest BCUT2D eigenvalue weighted by atomic mass is 16.5. The second kappa shape index (κ2) is 10.6. The lowest BCUT2D eigenvalue weighted by atomic mass is 9.85. The number of methoxy groups -OCH3 is 5. The Hall–Kier alpha value is -3.60. The molecule has 0 fully saturated rings. The van der Waals surface area contributed by atoms with Crippen LogP contribution in [0.3, 0.4) is 0 Å². The van der Waals surface area contributed by atoms with Crippen LogP contribution in [0.25, 0.3) is 32.7 Å². The zero-order chi connectivity index (χ0) is 27.9. The van der Waals surface area contributed by atoms with E-state index in [1.54, 1.807) is 35.5 Å². The van der Waals surface area contributed by atoms with Gasteiger partial charge in [-0.15, -0.1) is 0 Å². The van der Waals surface area contributed by atoms with Gasteiger partial charge >= 0.3 is 0 Å². The van der Waals surface area contributed by atoms with Crippen LogP contribution in [0.4, 0.5) is 0 Å². The van der Waals surface area contributed by atoms with E-state index in [1.165, 1.54) is 10.9 Å². The molecule has 0 saturated heterocycles. The average Bonchev–Trinajstić information content (AvgIpc) is 2.89. The molecule has 0 aliphatic carbocycles. The van der Waals surface area contributed by atoms with Crippen molar-refractivity contribution in [1.29, 1.82) is 0 Å². The summed E-state index contributed by atoms with van der Waals surface area (Å²) in [5.41, 5.74) is 6.56. The van der Waals surface area contributed by atoms with E-state index in [2.05, 4.69) is 65.8 Å². The van der Waals surface area contributed by atoms with Gasteiger partial charge in [0.2, 0.25) is 0 Å². The maximum absolute atomic E-state index is 6.20. The molecule has 0 radical (unpaired) electrons. The topological polar surface area (TPSA) is 46.2 Å². The van der Waals surface area contributed by atoms with E-state index in [0.717, 1.165) is 67.0 Å². The fourth-order valence-electron chi connectivity index (χ4n) is 5.80. The van der Waals surface area contributed by atoms with Gasteiger partial charge in [-0.3, -0.25) is 0 Å². The van der Waals surface area contributed by atoms with Crippen molar-refractivity contribution in [3.05, 3.63) is 52.6 Å². The van der Waals surface area contributed by atoms with Gasteiger partial charge in [-0.2, -0.15) is 0 Å². The molecular formula is C33H40O5. The number of fused-ring (bicyclic) bond motifs is 2. The fraction of sp³-hybridized carbons (Fsp3) is 0.394. The smallest absolute Gasteiger partial charge is 0.164 e. The fourth-order valence-corrected chi connectivity index (χ4v) is 5.80. The molecule has 0 saturated carbocycles. The van der Waals surface area contributed by atoms with Gasteiger partial charge in [0.15, 0.2) is 11.5 Å². The van der Waals surface area contributed by atoms with Gasteiger partial charge in [-0.1, -0.05) is 39.8 Å². The molecule has 0 aromatic heterocycles. The molecule has 38 heavy (non-hydrogen) atoms. The third kappa shape index (κ3) is 4.28. The van der Waals surface area contributed by atoms with Gasteiger partial charge in [0, 0.05) is 27.5 Å². The first-order valence-electron chi connectivity index (χ1n) is 13.1. The summed E-state index contributed by atoms with van der Waals surface area (Å²) in [4.78, 5) is 0. The van der Waals surface area contributed by atoms with Crippen LogP contribution < -0.4 is 23.7 Å². The summed E-state index contributed by atoms with van der Waals surface area (Å²) in [5, 5.41) is 4.26. The molecule has 0 spiro atoms. The molecule has 5 nitrogen and oxygen atoms in total. The SMILES string of the molecule is COc1cc(C(C)C)c2cc(C)c(-c3c(C)cc4c(C(C)C)c(OC)c(OC)cc4c3OC)c(OC)c2c1. The number of rotatable bonds is 8. The summed E-state index contributed by atoms with van der Waals surface area (Å²) >= 11 is 0. The minimum atomic E-state index is 0.219. The first-order chi connectivity index (χ1) is 18.1. The Balaban J connectivity index is 2.21. The van der Waals surface area contributed by atoms with E-state index in [-0.39, 0.29) is 5.92 Å². The molecule has 0 bridgehead atoms. The number of aryl methyl sites for hydroxylation is 2.